The van der Waals surface area contributed by atoms with Crippen LogP contribution in [0.25, 0.3) is 0 Å². The minimum absolute atomic E-state index is 0.0319. The van der Waals surface area contributed by atoms with E-state index in [9.17, 15) is 4.79 Å². The van der Waals surface area contributed by atoms with E-state index < -0.39 is 0 Å². The van der Waals surface area contributed by atoms with Crippen LogP contribution in [-0.2, 0) is 18.4 Å². The van der Waals surface area contributed by atoms with Gasteiger partial charge in [0, 0.05) is 19.5 Å². The molecule has 0 saturated heterocycles. The molecule has 2 aromatic rings. The topological polar surface area (TPSA) is 57.8 Å². The van der Waals surface area contributed by atoms with E-state index in [4.69, 9.17) is 4.98 Å². The monoisotopic (exact) mass is 281 g/mol. The number of fused-ring (bicyclic) bond motifs is 1. The Morgan fingerprint density at radius 3 is 2.67 bits per heavy atom. The zero-order valence-electron chi connectivity index (χ0n) is 12.0. The lowest BCUT2D eigenvalue weighted by atomic mass is 9.64. The van der Waals surface area contributed by atoms with Gasteiger partial charge in [-0.15, -0.1) is 0 Å². The highest BCUT2D eigenvalue weighted by Gasteiger charge is 2.43. The van der Waals surface area contributed by atoms with Crippen molar-refractivity contribution in [1.29, 1.82) is 0 Å². The molecule has 2 aliphatic rings. The molecule has 2 heterocycles. The van der Waals surface area contributed by atoms with Crippen LogP contribution in [0.3, 0.4) is 0 Å². The Morgan fingerprint density at radius 2 is 1.95 bits per heavy atom. The van der Waals surface area contributed by atoms with Crippen LogP contribution in [0.4, 0.5) is 0 Å². The average Bonchev–Trinajstić information content (AvgIpc) is 2.47. The standard InChI is InChI=1S/C17H19N3O/c21-15-13-11-18-10-7-14(13)19-16(20-15)17(8-4-9-17)12-5-2-1-3-6-12/h1-3,5-6,18H,4,7-11H2,(H,19,20,21). The summed E-state index contributed by atoms with van der Waals surface area (Å²) in [7, 11) is 0. The normalized spacial score (nSPS) is 19.6. The molecular weight excluding hydrogens is 262 g/mol. The van der Waals surface area contributed by atoms with Crippen molar-refractivity contribution in [2.45, 2.75) is 37.6 Å². The molecule has 0 amide bonds. The predicted octanol–water partition coefficient (Wildman–Crippen LogP) is 1.89. The van der Waals surface area contributed by atoms with Gasteiger partial charge in [0.05, 0.1) is 16.7 Å². The second-order valence-corrected chi connectivity index (χ2v) is 6.07. The Morgan fingerprint density at radius 1 is 1.14 bits per heavy atom. The molecule has 0 spiro atoms. The molecule has 1 aromatic heterocycles. The van der Waals surface area contributed by atoms with Gasteiger partial charge in [0.1, 0.15) is 5.82 Å². The average molecular weight is 281 g/mol. The molecule has 2 N–H and O–H groups in total. The Bertz CT molecular complexity index is 717. The highest BCUT2D eigenvalue weighted by atomic mass is 16.1. The molecule has 4 nitrogen and oxygen atoms in total. The summed E-state index contributed by atoms with van der Waals surface area (Å²) in [6.45, 7) is 1.54. The molecule has 0 radical (unpaired) electrons. The minimum Gasteiger partial charge on any atom is -0.312 e. The Kier molecular flexibility index (Phi) is 2.93. The SMILES string of the molecule is O=c1[nH]c(C2(c3ccccc3)CCC2)nc2c1CNCC2. The molecule has 1 aliphatic heterocycles. The number of nitrogens with one attached hydrogen (secondary N) is 2. The lowest BCUT2D eigenvalue weighted by Crippen LogP contribution is -2.41. The smallest absolute Gasteiger partial charge is 0.255 e. The summed E-state index contributed by atoms with van der Waals surface area (Å²) in [6.07, 6.45) is 4.17. The molecule has 108 valence electrons. The fraction of sp³-hybridized carbons (Fsp3) is 0.412. The first kappa shape index (κ1) is 12.8. The van der Waals surface area contributed by atoms with Crippen molar-refractivity contribution in [3.8, 4) is 0 Å². The molecule has 1 saturated carbocycles. The molecule has 1 aliphatic carbocycles. The van der Waals surface area contributed by atoms with Gasteiger partial charge in [-0.1, -0.05) is 36.8 Å². The zero-order chi connectivity index (χ0) is 14.3. The number of nitrogens with zero attached hydrogens (tertiary/aromatic N) is 1. The van der Waals surface area contributed by atoms with E-state index in [-0.39, 0.29) is 11.0 Å². The van der Waals surface area contributed by atoms with Crippen LogP contribution >= 0.6 is 0 Å². The second-order valence-electron chi connectivity index (χ2n) is 6.07. The Balaban J connectivity index is 1.85. The first-order valence-electron chi connectivity index (χ1n) is 7.68. The second kappa shape index (κ2) is 4.81. The number of aromatic amines is 1. The Labute approximate surface area is 123 Å². The zero-order valence-corrected chi connectivity index (χ0v) is 12.0. The van der Waals surface area contributed by atoms with Gasteiger partial charge in [-0.25, -0.2) is 4.98 Å². The number of hydrogen-bond acceptors (Lipinski definition) is 3. The Hall–Kier alpha value is -1.94. The number of rotatable bonds is 2. The highest BCUT2D eigenvalue weighted by molar-refractivity contribution is 5.37. The van der Waals surface area contributed by atoms with Crippen LogP contribution in [0.2, 0.25) is 0 Å². The third kappa shape index (κ3) is 1.94. The third-order valence-corrected chi connectivity index (χ3v) is 4.93. The van der Waals surface area contributed by atoms with Gasteiger partial charge in [0.15, 0.2) is 0 Å². The van der Waals surface area contributed by atoms with E-state index in [2.05, 4.69) is 34.6 Å². The predicted molar refractivity (Wildman–Crippen MR) is 81.3 cm³/mol. The van der Waals surface area contributed by atoms with Gasteiger partial charge in [0.25, 0.3) is 5.56 Å². The minimum atomic E-state index is -0.0830. The van der Waals surface area contributed by atoms with Crippen molar-refractivity contribution >= 4 is 0 Å². The van der Waals surface area contributed by atoms with E-state index in [1.165, 1.54) is 12.0 Å². The summed E-state index contributed by atoms with van der Waals surface area (Å²) in [5.74, 6) is 0.866. The van der Waals surface area contributed by atoms with Crippen LogP contribution in [-0.4, -0.2) is 16.5 Å². The summed E-state index contributed by atoms with van der Waals surface area (Å²) in [5.41, 5.74) is 3.01. The number of hydrogen-bond donors (Lipinski definition) is 2. The van der Waals surface area contributed by atoms with Gasteiger partial charge in [-0.3, -0.25) is 4.79 Å². The summed E-state index contributed by atoms with van der Waals surface area (Å²) in [5, 5.41) is 3.24. The quantitative estimate of drug-likeness (QED) is 0.883. The lowest BCUT2D eigenvalue weighted by Gasteiger charge is -2.41. The number of benzene rings is 1. The third-order valence-electron chi connectivity index (χ3n) is 4.93. The van der Waals surface area contributed by atoms with Crippen molar-refractivity contribution in [2.75, 3.05) is 6.54 Å². The van der Waals surface area contributed by atoms with Gasteiger partial charge in [-0.05, 0) is 18.4 Å². The molecule has 0 atom stereocenters. The maximum absolute atomic E-state index is 12.4. The van der Waals surface area contributed by atoms with Crippen LogP contribution in [0.5, 0.6) is 0 Å². The first-order valence-corrected chi connectivity index (χ1v) is 7.68. The number of H-pyrrole nitrogens is 1. The van der Waals surface area contributed by atoms with Crippen LogP contribution in [0, 0.1) is 0 Å². The molecule has 1 fully saturated rings. The van der Waals surface area contributed by atoms with Crippen LogP contribution in [0.1, 0.15) is 41.9 Å². The fourth-order valence-electron chi connectivity index (χ4n) is 3.53. The molecule has 0 unspecified atom stereocenters. The van der Waals surface area contributed by atoms with Crippen molar-refractivity contribution in [3.05, 3.63) is 63.3 Å². The summed E-state index contributed by atoms with van der Waals surface area (Å²) in [4.78, 5) is 20.3. The van der Waals surface area contributed by atoms with Gasteiger partial charge < -0.3 is 10.3 Å². The molecule has 1 aromatic carbocycles. The largest absolute Gasteiger partial charge is 0.312 e. The summed E-state index contributed by atoms with van der Waals surface area (Å²) < 4.78 is 0. The molecular formula is C17H19N3O. The van der Waals surface area contributed by atoms with E-state index in [1.54, 1.807) is 0 Å². The summed E-state index contributed by atoms with van der Waals surface area (Å²) >= 11 is 0. The highest BCUT2D eigenvalue weighted by Crippen LogP contribution is 2.47. The fourth-order valence-corrected chi connectivity index (χ4v) is 3.53. The molecule has 21 heavy (non-hydrogen) atoms. The van der Waals surface area contributed by atoms with E-state index in [1.807, 2.05) is 6.07 Å². The maximum atomic E-state index is 12.4. The molecule has 4 heteroatoms. The molecule has 0 bridgehead atoms. The first-order chi connectivity index (χ1) is 10.3. The van der Waals surface area contributed by atoms with Crippen molar-refractivity contribution in [3.63, 3.8) is 0 Å². The van der Waals surface area contributed by atoms with Crippen molar-refractivity contribution in [2.24, 2.45) is 0 Å². The van der Waals surface area contributed by atoms with Crippen molar-refractivity contribution < 1.29 is 0 Å². The van der Waals surface area contributed by atoms with Gasteiger partial charge in [-0.2, -0.15) is 0 Å². The van der Waals surface area contributed by atoms with Crippen molar-refractivity contribution in [1.82, 2.24) is 15.3 Å². The van der Waals surface area contributed by atoms with Crippen LogP contribution in [0.15, 0.2) is 35.1 Å². The van der Waals surface area contributed by atoms with Gasteiger partial charge >= 0.3 is 0 Å². The maximum Gasteiger partial charge on any atom is 0.255 e. The summed E-state index contributed by atoms with van der Waals surface area (Å²) in [6, 6.07) is 10.5. The lowest BCUT2D eigenvalue weighted by molar-refractivity contribution is 0.283. The van der Waals surface area contributed by atoms with E-state index >= 15 is 0 Å². The number of aromatic nitrogens is 2. The van der Waals surface area contributed by atoms with E-state index in [0.29, 0.717) is 6.54 Å². The van der Waals surface area contributed by atoms with E-state index in [0.717, 1.165) is 42.9 Å². The van der Waals surface area contributed by atoms with Gasteiger partial charge in [0.2, 0.25) is 0 Å². The van der Waals surface area contributed by atoms with Crippen LogP contribution < -0.4 is 10.9 Å². The molecule has 4 rings (SSSR count).